The van der Waals surface area contributed by atoms with Crippen molar-refractivity contribution in [3.05, 3.63) is 200 Å². The van der Waals surface area contributed by atoms with Crippen LogP contribution in [0, 0.1) is 0 Å². The first kappa shape index (κ1) is 32.8. The summed E-state index contributed by atoms with van der Waals surface area (Å²) in [6.45, 7) is 0. The Bertz CT molecular complexity index is 3520. The van der Waals surface area contributed by atoms with Crippen LogP contribution < -0.4 is 4.90 Å². The van der Waals surface area contributed by atoms with E-state index in [1.165, 1.54) is 36.9 Å². The first-order chi connectivity index (χ1) is 28.7. The summed E-state index contributed by atoms with van der Waals surface area (Å²) in [4.78, 5) is 2.35. The van der Waals surface area contributed by atoms with Crippen molar-refractivity contribution in [1.29, 1.82) is 0 Å². The molecule has 0 fully saturated rings. The average molecular weight is 760 g/mol. The molecule has 0 saturated heterocycles. The first-order valence-corrected chi connectivity index (χ1v) is 20.4. The molecule has 0 saturated carbocycles. The van der Waals surface area contributed by atoms with E-state index >= 15 is 0 Å². The van der Waals surface area contributed by atoms with Crippen LogP contribution in [0.4, 0.5) is 17.1 Å². The van der Waals surface area contributed by atoms with Crippen molar-refractivity contribution in [1.82, 2.24) is 0 Å². The maximum atomic E-state index is 6.50. The normalized spacial score (nSPS) is 11.8. The van der Waals surface area contributed by atoms with Crippen LogP contribution in [0.25, 0.3) is 97.4 Å². The summed E-state index contributed by atoms with van der Waals surface area (Å²) in [5.41, 5.74) is 13.6. The van der Waals surface area contributed by atoms with Crippen LogP contribution >= 0.6 is 11.3 Å². The molecule has 0 atom stereocenters. The smallest absolute Gasteiger partial charge is 0.143 e. The van der Waals surface area contributed by atoms with Crippen LogP contribution in [-0.4, -0.2) is 0 Å². The monoisotopic (exact) mass is 759 g/mol. The minimum Gasteiger partial charge on any atom is -0.456 e. The highest BCUT2D eigenvalue weighted by molar-refractivity contribution is 7.26. The number of thiophene rings is 1. The van der Waals surface area contributed by atoms with E-state index in [-0.39, 0.29) is 0 Å². The summed E-state index contributed by atoms with van der Waals surface area (Å²) in [5, 5.41) is 7.05. The highest BCUT2D eigenvalue weighted by Crippen LogP contribution is 2.45. The van der Waals surface area contributed by atoms with Crippen molar-refractivity contribution < 1.29 is 8.83 Å². The Morgan fingerprint density at radius 1 is 0.362 bits per heavy atom. The molecule has 0 bridgehead atoms. The zero-order valence-corrected chi connectivity index (χ0v) is 32.0. The second-order valence-corrected chi connectivity index (χ2v) is 15.9. The third-order valence-corrected chi connectivity index (χ3v) is 12.7. The van der Waals surface area contributed by atoms with E-state index in [1.54, 1.807) is 0 Å². The number of nitrogens with zero attached hydrogens (tertiary/aromatic N) is 1. The molecule has 0 aliphatic rings. The van der Waals surface area contributed by atoms with Crippen LogP contribution in [0.1, 0.15) is 0 Å². The number of hydrogen-bond acceptors (Lipinski definition) is 4. The molecule has 0 amide bonds. The number of benzene rings is 9. The predicted octanol–water partition coefficient (Wildman–Crippen LogP) is 16.3. The fourth-order valence-electron chi connectivity index (χ4n) is 8.78. The van der Waals surface area contributed by atoms with Crippen LogP contribution in [0.15, 0.2) is 209 Å². The molecule has 12 aromatic rings. The van der Waals surface area contributed by atoms with Gasteiger partial charge in [-0.1, -0.05) is 146 Å². The Hall–Kier alpha value is -7.40. The van der Waals surface area contributed by atoms with Gasteiger partial charge in [-0.25, -0.2) is 0 Å². The first-order valence-electron chi connectivity index (χ1n) is 19.6. The van der Waals surface area contributed by atoms with Gasteiger partial charge in [-0.05, 0) is 82.4 Å². The molecular formula is C54H33NO2S. The molecule has 58 heavy (non-hydrogen) atoms. The van der Waals surface area contributed by atoms with E-state index < -0.39 is 0 Å². The number of hydrogen-bond donors (Lipinski definition) is 0. The third kappa shape index (κ3) is 5.19. The Morgan fingerprint density at radius 3 is 1.79 bits per heavy atom. The fraction of sp³-hybridized carbons (Fsp3) is 0. The SMILES string of the molecule is c1cc(-c2cccc3c2oc2ccccc23)cc(N(c2ccc(-c3ccc(-c4cccc5c4sc4ccccc45)cc3)cc2)c2cccc3oc4ccccc4c23)c1. The lowest BCUT2D eigenvalue weighted by molar-refractivity contribution is 0.669. The second kappa shape index (κ2) is 13.1. The molecule has 0 aliphatic heterocycles. The van der Waals surface area contributed by atoms with Crippen molar-refractivity contribution in [3.63, 3.8) is 0 Å². The molecular weight excluding hydrogens is 727 g/mol. The molecule has 4 heteroatoms. The molecule has 0 aliphatic carbocycles. The lowest BCUT2D eigenvalue weighted by atomic mass is 9.98. The van der Waals surface area contributed by atoms with E-state index in [2.05, 4.69) is 181 Å². The van der Waals surface area contributed by atoms with Gasteiger partial charge in [0, 0.05) is 53.3 Å². The molecule has 272 valence electrons. The molecule has 0 unspecified atom stereocenters. The lowest BCUT2D eigenvalue weighted by Crippen LogP contribution is -2.10. The van der Waals surface area contributed by atoms with E-state index in [1.807, 2.05) is 35.6 Å². The number of fused-ring (bicyclic) bond motifs is 9. The average Bonchev–Trinajstić information content (AvgIpc) is 3.99. The third-order valence-electron chi connectivity index (χ3n) is 11.5. The molecule has 9 aromatic carbocycles. The second-order valence-electron chi connectivity index (χ2n) is 14.8. The van der Waals surface area contributed by atoms with Crippen molar-refractivity contribution in [2.24, 2.45) is 0 Å². The minimum atomic E-state index is 0.856. The van der Waals surface area contributed by atoms with Crippen molar-refractivity contribution in [2.75, 3.05) is 4.90 Å². The Kier molecular flexibility index (Phi) is 7.40. The molecule has 3 aromatic heterocycles. The van der Waals surface area contributed by atoms with Gasteiger partial charge < -0.3 is 13.7 Å². The largest absolute Gasteiger partial charge is 0.456 e. The van der Waals surface area contributed by atoms with Gasteiger partial charge in [-0.3, -0.25) is 0 Å². The van der Waals surface area contributed by atoms with E-state index in [0.29, 0.717) is 0 Å². The topological polar surface area (TPSA) is 29.5 Å². The van der Waals surface area contributed by atoms with Crippen molar-refractivity contribution in [2.45, 2.75) is 0 Å². The number of rotatable bonds is 6. The van der Waals surface area contributed by atoms with Crippen molar-refractivity contribution in [3.8, 4) is 33.4 Å². The summed E-state index contributed by atoms with van der Waals surface area (Å²) in [6.07, 6.45) is 0. The Labute approximate surface area is 338 Å². The predicted molar refractivity (Wildman–Crippen MR) is 245 cm³/mol. The van der Waals surface area contributed by atoms with Gasteiger partial charge in [0.1, 0.15) is 22.3 Å². The van der Waals surface area contributed by atoms with Gasteiger partial charge in [0.25, 0.3) is 0 Å². The summed E-state index contributed by atoms with van der Waals surface area (Å²) in [5.74, 6) is 0. The van der Waals surface area contributed by atoms with E-state index in [4.69, 9.17) is 8.83 Å². The molecule has 12 rings (SSSR count). The molecule has 0 spiro atoms. The van der Waals surface area contributed by atoms with E-state index in [0.717, 1.165) is 77.6 Å². The summed E-state index contributed by atoms with van der Waals surface area (Å²) < 4.78 is 15.6. The Balaban J connectivity index is 0.965. The maximum Gasteiger partial charge on any atom is 0.143 e. The number of furan rings is 2. The summed E-state index contributed by atoms with van der Waals surface area (Å²) in [7, 11) is 0. The van der Waals surface area contributed by atoms with Gasteiger partial charge in [-0.15, -0.1) is 11.3 Å². The maximum absolute atomic E-state index is 6.50. The highest BCUT2D eigenvalue weighted by atomic mass is 32.1. The Morgan fingerprint density at radius 2 is 0.966 bits per heavy atom. The highest BCUT2D eigenvalue weighted by Gasteiger charge is 2.21. The standard InChI is InChI=1S/C54H33NO2S/c1-4-21-48-42(13-1)44-18-8-16-40(53(44)57-48)37-11-7-12-39(33-37)55(47-20-10-23-50-52(47)46-15-2-5-22-49(46)56-50)38-31-29-35(30-32-38)34-25-27-36(28-26-34)41-17-9-19-45-43-14-3-6-24-51(43)58-54(41)45/h1-33H. The molecule has 0 radical (unpaired) electrons. The summed E-state index contributed by atoms with van der Waals surface area (Å²) >= 11 is 1.87. The number of para-hydroxylation sites is 3. The van der Waals surface area contributed by atoms with Crippen LogP contribution in [-0.2, 0) is 0 Å². The van der Waals surface area contributed by atoms with Gasteiger partial charge >= 0.3 is 0 Å². The molecule has 0 N–H and O–H groups in total. The quantitative estimate of drug-likeness (QED) is 0.169. The zero-order valence-electron chi connectivity index (χ0n) is 31.2. The zero-order chi connectivity index (χ0) is 38.2. The molecule has 3 heterocycles. The van der Waals surface area contributed by atoms with E-state index in [9.17, 15) is 0 Å². The van der Waals surface area contributed by atoms with Gasteiger partial charge in [-0.2, -0.15) is 0 Å². The summed E-state index contributed by atoms with van der Waals surface area (Å²) in [6, 6.07) is 71.4. The number of anilines is 3. The van der Waals surface area contributed by atoms with Gasteiger partial charge in [0.2, 0.25) is 0 Å². The lowest BCUT2D eigenvalue weighted by Gasteiger charge is -2.27. The minimum absolute atomic E-state index is 0.856. The molecule has 3 nitrogen and oxygen atoms in total. The van der Waals surface area contributed by atoms with Crippen molar-refractivity contribution >= 4 is 92.4 Å². The van der Waals surface area contributed by atoms with Crippen LogP contribution in [0.3, 0.4) is 0 Å². The van der Waals surface area contributed by atoms with Gasteiger partial charge in [0.15, 0.2) is 0 Å². The van der Waals surface area contributed by atoms with Crippen LogP contribution in [0.2, 0.25) is 0 Å². The van der Waals surface area contributed by atoms with Gasteiger partial charge in [0.05, 0.1) is 11.1 Å². The fourth-order valence-corrected chi connectivity index (χ4v) is 10.0. The van der Waals surface area contributed by atoms with Crippen LogP contribution in [0.5, 0.6) is 0 Å².